The van der Waals surface area contributed by atoms with Crippen LogP contribution in [0.3, 0.4) is 0 Å². The molecule has 2 rings (SSSR count). The molecule has 4 N–H and O–H groups in total. The van der Waals surface area contributed by atoms with Crippen LogP contribution in [0.1, 0.15) is 51.4 Å². The van der Waals surface area contributed by atoms with Gasteiger partial charge in [0, 0.05) is 12.6 Å². The maximum Gasteiger partial charge on any atom is 0.315 e. The molecule has 0 aromatic heterocycles. The van der Waals surface area contributed by atoms with Crippen LogP contribution in [-0.2, 0) is 4.79 Å². The Bertz CT molecular complexity index is 359. The average molecular weight is 297 g/mol. The van der Waals surface area contributed by atoms with Gasteiger partial charge in [0.25, 0.3) is 0 Å². The Kier molecular flexibility index (Phi) is 5.85. The number of aliphatic carboxylic acids is 1. The van der Waals surface area contributed by atoms with Gasteiger partial charge in [0.15, 0.2) is 0 Å². The first-order chi connectivity index (χ1) is 10.1. The predicted octanol–water partition coefficient (Wildman–Crippen LogP) is 1.46. The van der Waals surface area contributed by atoms with E-state index in [4.69, 9.17) is 0 Å². The van der Waals surface area contributed by atoms with E-state index in [0.29, 0.717) is 12.8 Å². The molecule has 1 heterocycles. The lowest BCUT2D eigenvalue weighted by molar-refractivity contribution is -0.149. The van der Waals surface area contributed by atoms with Gasteiger partial charge in [0.05, 0.1) is 5.41 Å². The maximum absolute atomic E-state index is 12.0. The van der Waals surface area contributed by atoms with E-state index in [1.165, 1.54) is 0 Å². The molecule has 0 spiro atoms. The molecule has 6 heteroatoms. The number of hydrogen-bond donors (Lipinski definition) is 4. The van der Waals surface area contributed by atoms with Gasteiger partial charge < -0.3 is 21.1 Å². The maximum atomic E-state index is 12.0. The van der Waals surface area contributed by atoms with Crippen molar-refractivity contribution in [1.29, 1.82) is 0 Å². The minimum absolute atomic E-state index is 0.196. The third-order valence-electron chi connectivity index (χ3n) is 4.78. The summed E-state index contributed by atoms with van der Waals surface area (Å²) in [5, 5.41) is 18.6. The number of piperidine rings is 1. The zero-order valence-corrected chi connectivity index (χ0v) is 12.6. The predicted molar refractivity (Wildman–Crippen MR) is 80.2 cm³/mol. The molecular weight excluding hydrogens is 270 g/mol. The number of carboxylic acids is 1. The Morgan fingerprint density at radius 3 is 2.29 bits per heavy atom. The average Bonchev–Trinajstić information content (AvgIpc) is 2.73. The second kappa shape index (κ2) is 7.64. The van der Waals surface area contributed by atoms with Crippen molar-refractivity contribution in [1.82, 2.24) is 16.0 Å². The van der Waals surface area contributed by atoms with E-state index in [2.05, 4.69) is 16.0 Å². The molecule has 0 radical (unpaired) electrons. The molecule has 2 fully saturated rings. The summed E-state index contributed by atoms with van der Waals surface area (Å²) in [4.78, 5) is 23.6. The highest BCUT2D eigenvalue weighted by Gasteiger charge is 2.38. The van der Waals surface area contributed by atoms with Crippen LogP contribution in [0.2, 0.25) is 0 Å². The molecule has 0 aromatic rings. The highest BCUT2D eigenvalue weighted by atomic mass is 16.4. The number of carbonyl (C=O) groups excluding carboxylic acids is 1. The lowest BCUT2D eigenvalue weighted by Crippen LogP contribution is -2.50. The summed E-state index contributed by atoms with van der Waals surface area (Å²) in [5.74, 6) is -0.772. The Morgan fingerprint density at radius 2 is 1.71 bits per heavy atom. The summed E-state index contributed by atoms with van der Waals surface area (Å²) in [7, 11) is 0. The Labute approximate surface area is 126 Å². The third kappa shape index (κ3) is 4.59. The van der Waals surface area contributed by atoms with Crippen LogP contribution in [0, 0.1) is 5.41 Å². The van der Waals surface area contributed by atoms with E-state index in [0.717, 1.165) is 51.6 Å². The van der Waals surface area contributed by atoms with Crippen molar-refractivity contribution in [3.63, 3.8) is 0 Å². The molecule has 6 nitrogen and oxygen atoms in total. The highest BCUT2D eigenvalue weighted by molar-refractivity contribution is 5.78. The molecule has 0 atom stereocenters. The number of amides is 2. The van der Waals surface area contributed by atoms with Crippen LogP contribution in [0.15, 0.2) is 0 Å². The number of rotatable bonds is 4. The van der Waals surface area contributed by atoms with Crippen molar-refractivity contribution in [2.45, 2.75) is 57.4 Å². The Hall–Kier alpha value is -1.30. The van der Waals surface area contributed by atoms with E-state index in [9.17, 15) is 14.7 Å². The van der Waals surface area contributed by atoms with Crippen molar-refractivity contribution in [2.75, 3.05) is 19.6 Å². The van der Waals surface area contributed by atoms with Gasteiger partial charge in [-0.25, -0.2) is 4.79 Å². The monoisotopic (exact) mass is 297 g/mol. The summed E-state index contributed by atoms with van der Waals surface area (Å²) in [6, 6.07) is -0.0343. The first-order valence-electron chi connectivity index (χ1n) is 8.11. The van der Waals surface area contributed by atoms with E-state index >= 15 is 0 Å². The van der Waals surface area contributed by atoms with Gasteiger partial charge in [0.1, 0.15) is 0 Å². The largest absolute Gasteiger partial charge is 0.481 e. The topological polar surface area (TPSA) is 90.5 Å². The Balaban J connectivity index is 1.83. The minimum atomic E-state index is -0.776. The van der Waals surface area contributed by atoms with E-state index in [1.807, 2.05) is 0 Å². The van der Waals surface area contributed by atoms with Gasteiger partial charge in [0.2, 0.25) is 0 Å². The fraction of sp³-hybridized carbons (Fsp3) is 0.867. The molecule has 1 aliphatic heterocycles. The normalized spacial score (nSPS) is 23.0. The van der Waals surface area contributed by atoms with Crippen molar-refractivity contribution in [2.24, 2.45) is 5.41 Å². The second-order valence-corrected chi connectivity index (χ2v) is 6.35. The van der Waals surface area contributed by atoms with Crippen molar-refractivity contribution in [3.8, 4) is 0 Å². The van der Waals surface area contributed by atoms with Gasteiger partial charge >= 0.3 is 12.0 Å². The lowest BCUT2D eigenvalue weighted by Gasteiger charge is -2.29. The summed E-state index contributed by atoms with van der Waals surface area (Å²) in [5.41, 5.74) is -0.776. The van der Waals surface area contributed by atoms with Crippen LogP contribution in [-0.4, -0.2) is 42.8 Å². The van der Waals surface area contributed by atoms with Crippen LogP contribution in [0.25, 0.3) is 0 Å². The summed E-state index contributed by atoms with van der Waals surface area (Å²) < 4.78 is 0. The first kappa shape index (κ1) is 16.1. The fourth-order valence-corrected chi connectivity index (χ4v) is 3.32. The highest BCUT2D eigenvalue weighted by Crippen LogP contribution is 2.34. The van der Waals surface area contributed by atoms with E-state index in [-0.39, 0.29) is 18.6 Å². The minimum Gasteiger partial charge on any atom is -0.481 e. The molecule has 0 aromatic carbocycles. The molecule has 2 aliphatic rings. The zero-order chi connectivity index (χ0) is 15.1. The van der Waals surface area contributed by atoms with E-state index < -0.39 is 11.4 Å². The van der Waals surface area contributed by atoms with Crippen LogP contribution in [0.4, 0.5) is 4.79 Å². The zero-order valence-electron chi connectivity index (χ0n) is 12.6. The second-order valence-electron chi connectivity index (χ2n) is 6.35. The van der Waals surface area contributed by atoms with Crippen LogP contribution in [0.5, 0.6) is 0 Å². The SMILES string of the molecule is O=C(NCC1(C(=O)O)CCCCCC1)NC1CCNCC1. The van der Waals surface area contributed by atoms with Crippen molar-refractivity contribution in [3.05, 3.63) is 0 Å². The lowest BCUT2D eigenvalue weighted by atomic mass is 9.80. The van der Waals surface area contributed by atoms with Gasteiger partial charge in [-0.2, -0.15) is 0 Å². The number of hydrogen-bond acceptors (Lipinski definition) is 3. The quantitative estimate of drug-likeness (QED) is 0.591. The van der Waals surface area contributed by atoms with Gasteiger partial charge in [-0.05, 0) is 38.8 Å². The van der Waals surface area contributed by atoms with Crippen LogP contribution >= 0.6 is 0 Å². The Morgan fingerprint density at radius 1 is 1.10 bits per heavy atom. The molecule has 120 valence electrons. The van der Waals surface area contributed by atoms with E-state index in [1.54, 1.807) is 0 Å². The molecule has 1 aliphatic carbocycles. The number of urea groups is 1. The molecule has 1 saturated heterocycles. The molecule has 0 bridgehead atoms. The number of carbonyl (C=O) groups is 2. The van der Waals surface area contributed by atoms with Gasteiger partial charge in [-0.3, -0.25) is 4.79 Å². The molecular formula is C15H27N3O3. The molecule has 21 heavy (non-hydrogen) atoms. The molecule has 0 unspecified atom stereocenters. The smallest absolute Gasteiger partial charge is 0.315 e. The third-order valence-corrected chi connectivity index (χ3v) is 4.78. The van der Waals surface area contributed by atoms with Crippen LogP contribution < -0.4 is 16.0 Å². The first-order valence-corrected chi connectivity index (χ1v) is 8.11. The summed E-state index contributed by atoms with van der Waals surface area (Å²) >= 11 is 0. The molecule has 2 amide bonds. The number of nitrogens with one attached hydrogen (secondary N) is 3. The number of carboxylic acid groups (broad SMARTS) is 1. The molecule has 1 saturated carbocycles. The van der Waals surface area contributed by atoms with Gasteiger partial charge in [-0.1, -0.05) is 25.7 Å². The van der Waals surface area contributed by atoms with Gasteiger partial charge in [-0.15, -0.1) is 0 Å². The summed E-state index contributed by atoms with van der Waals surface area (Å²) in [6.07, 6.45) is 7.24. The fourth-order valence-electron chi connectivity index (χ4n) is 3.32. The van der Waals surface area contributed by atoms with Crippen molar-refractivity contribution < 1.29 is 14.7 Å². The van der Waals surface area contributed by atoms with Crippen molar-refractivity contribution >= 4 is 12.0 Å². The standard InChI is InChI=1S/C15H27N3O3/c19-13(20)15(7-3-1-2-4-8-15)11-17-14(21)18-12-5-9-16-10-6-12/h12,16H,1-11H2,(H,19,20)(H2,17,18,21). The summed E-state index contributed by atoms with van der Waals surface area (Å²) in [6.45, 7) is 2.08.